The smallest absolute Gasteiger partial charge is 0.291 e. The molecular formula is C13H19N7O7. The first kappa shape index (κ1) is 22.9. The summed E-state index contributed by atoms with van der Waals surface area (Å²) in [5, 5.41) is 31.6. The Bertz CT molecular complexity index is 761. The lowest BCUT2D eigenvalue weighted by Crippen LogP contribution is -2.24. The van der Waals surface area contributed by atoms with Crippen LogP contribution in [0.5, 0.6) is 5.75 Å². The molecule has 0 spiro atoms. The van der Waals surface area contributed by atoms with Gasteiger partial charge in [0.15, 0.2) is 5.96 Å². The van der Waals surface area contributed by atoms with Crippen molar-refractivity contribution in [1.29, 1.82) is 0 Å². The molecule has 0 saturated heterocycles. The highest BCUT2D eigenvalue weighted by atomic mass is 16.9. The van der Waals surface area contributed by atoms with E-state index in [0.29, 0.717) is 13.1 Å². The summed E-state index contributed by atoms with van der Waals surface area (Å²) in [4.78, 5) is 25.0. The van der Waals surface area contributed by atoms with Crippen molar-refractivity contribution in [3.63, 3.8) is 0 Å². The Morgan fingerprint density at radius 2 is 1.89 bits per heavy atom. The van der Waals surface area contributed by atoms with Gasteiger partial charge < -0.3 is 31.9 Å². The number of hydrogen-bond acceptors (Lipinski definition) is 8. The van der Waals surface area contributed by atoms with Crippen molar-refractivity contribution in [1.82, 2.24) is 4.98 Å². The van der Waals surface area contributed by atoms with Gasteiger partial charge in [-0.1, -0.05) is 6.07 Å². The zero-order valence-electron chi connectivity index (χ0n) is 14.2. The van der Waals surface area contributed by atoms with Crippen LogP contribution in [0.3, 0.4) is 0 Å². The standard InChI is InChI=1S/C13H17N5O.2HNO3/c1-19-10-7-9-3-2-4-17-12(9)11(8-10)16-5-6-18-13(14)15;2*2-1(3)4/h2-4,7-8,16H,5-6H2,1H3,(H4,14,15,18);2*(H,2,3,4). The number of methoxy groups -OCH3 is 1. The Morgan fingerprint density at radius 3 is 2.41 bits per heavy atom. The first-order valence-electron chi connectivity index (χ1n) is 7.06. The normalized spacial score (nSPS) is 8.93. The number of aliphatic imine (C=N–C) groups is 1. The van der Waals surface area contributed by atoms with Gasteiger partial charge in [-0.25, -0.2) is 0 Å². The number of fused-ring (bicyclic) bond motifs is 1. The second-order valence-corrected chi connectivity index (χ2v) is 4.46. The molecule has 0 aliphatic rings. The summed E-state index contributed by atoms with van der Waals surface area (Å²) in [5.74, 6) is 0.875. The number of aromatic nitrogens is 1. The zero-order valence-corrected chi connectivity index (χ0v) is 14.2. The number of benzene rings is 1. The van der Waals surface area contributed by atoms with Crippen molar-refractivity contribution >= 4 is 22.5 Å². The summed E-state index contributed by atoms with van der Waals surface area (Å²) in [6.45, 7) is 1.13. The van der Waals surface area contributed by atoms with Gasteiger partial charge in [-0.15, -0.1) is 20.2 Å². The van der Waals surface area contributed by atoms with Crippen molar-refractivity contribution < 1.29 is 25.3 Å². The average Bonchev–Trinajstić information content (AvgIpc) is 2.57. The molecule has 0 bridgehead atoms. The van der Waals surface area contributed by atoms with E-state index in [2.05, 4.69) is 15.3 Å². The van der Waals surface area contributed by atoms with Crippen molar-refractivity contribution in [2.75, 3.05) is 25.5 Å². The van der Waals surface area contributed by atoms with Gasteiger partial charge in [0.1, 0.15) is 5.75 Å². The molecule has 148 valence electrons. The number of nitrogens with zero attached hydrogens (tertiary/aromatic N) is 4. The van der Waals surface area contributed by atoms with Gasteiger partial charge in [0, 0.05) is 24.2 Å². The third-order valence-corrected chi connectivity index (χ3v) is 2.64. The first-order chi connectivity index (χ1) is 12.7. The van der Waals surface area contributed by atoms with Gasteiger partial charge in [-0.05, 0) is 12.1 Å². The van der Waals surface area contributed by atoms with Crippen LogP contribution in [0, 0.1) is 20.2 Å². The van der Waals surface area contributed by atoms with E-state index in [1.807, 2.05) is 24.3 Å². The molecule has 1 heterocycles. The fourth-order valence-corrected chi connectivity index (χ4v) is 1.79. The number of anilines is 1. The molecule has 1 aromatic heterocycles. The van der Waals surface area contributed by atoms with E-state index in [9.17, 15) is 0 Å². The minimum absolute atomic E-state index is 0.0930. The lowest BCUT2D eigenvalue weighted by atomic mass is 10.2. The number of ether oxygens (including phenoxy) is 1. The lowest BCUT2D eigenvalue weighted by molar-refractivity contribution is -0.742. The van der Waals surface area contributed by atoms with Gasteiger partial charge >= 0.3 is 0 Å². The highest BCUT2D eigenvalue weighted by Crippen LogP contribution is 2.27. The number of pyridine rings is 1. The molecule has 0 aliphatic carbocycles. The van der Waals surface area contributed by atoms with Gasteiger partial charge in [-0.2, -0.15) is 0 Å². The molecule has 27 heavy (non-hydrogen) atoms. The summed E-state index contributed by atoms with van der Waals surface area (Å²) in [6, 6.07) is 7.74. The zero-order chi connectivity index (χ0) is 20.8. The molecule has 7 N–H and O–H groups in total. The first-order valence-corrected chi connectivity index (χ1v) is 7.06. The topological polar surface area (TPSA) is 225 Å². The quantitative estimate of drug-likeness (QED) is 0.154. The molecule has 14 nitrogen and oxygen atoms in total. The Hall–Kier alpha value is -4.10. The maximum absolute atomic E-state index is 8.36. The maximum Gasteiger partial charge on any atom is 0.291 e. The molecule has 0 saturated carbocycles. The Morgan fingerprint density at radius 1 is 1.30 bits per heavy atom. The summed E-state index contributed by atoms with van der Waals surface area (Å²) in [7, 11) is 1.64. The molecule has 0 radical (unpaired) electrons. The van der Waals surface area contributed by atoms with Crippen LogP contribution in [0.4, 0.5) is 5.69 Å². The van der Waals surface area contributed by atoms with E-state index in [1.54, 1.807) is 13.3 Å². The fraction of sp³-hybridized carbons (Fsp3) is 0.231. The van der Waals surface area contributed by atoms with Crippen LogP contribution in [0.15, 0.2) is 35.5 Å². The minimum Gasteiger partial charge on any atom is -0.497 e. The van der Waals surface area contributed by atoms with E-state index in [4.69, 9.17) is 46.8 Å². The summed E-state index contributed by atoms with van der Waals surface area (Å²) in [6.07, 6.45) is 1.76. The molecule has 0 atom stereocenters. The van der Waals surface area contributed by atoms with Crippen LogP contribution >= 0.6 is 0 Å². The molecule has 0 amide bonds. The molecule has 1 aromatic carbocycles. The average molecular weight is 385 g/mol. The fourth-order valence-electron chi connectivity index (χ4n) is 1.79. The van der Waals surface area contributed by atoms with E-state index in [1.165, 1.54) is 0 Å². The molecule has 2 aromatic rings. The van der Waals surface area contributed by atoms with Gasteiger partial charge in [0.25, 0.3) is 10.2 Å². The molecule has 0 unspecified atom stereocenters. The SMILES string of the molecule is COc1cc(NCCN=C(N)N)c2ncccc2c1.O=[N+]([O-])O.O=[N+]([O-])O. The minimum atomic E-state index is -1.50. The van der Waals surface area contributed by atoms with Crippen molar-refractivity contribution in [3.8, 4) is 5.75 Å². The van der Waals surface area contributed by atoms with Gasteiger partial charge in [0.2, 0.25) is 0 Å². The number of nitrogens with one attached hydrogen (secondary N) is 1. The molecule has 14 heteroatoms. The second-order valence-electron chi connectivity index (χ2n) is 4.46. The highest BCUT2D eigenvalue weighted by molar-refractivity contribution is 5.91. The molecule has 0 aliphatic heterocycles. The van der Waals surface area contributed by atoms with Crippen LogP contribution in [-0.2, 0) is 0 Å². The van der Waals surface area contributed by atoms with Crippen LogP contribution in [0.25, 0.3) is 10.9 Å². The van der Waals surface area contributed by atoms with Gasteiger partial charge in [0.05, 0.1) is 24.9 Å². The van der Waals surface area contributed by atoms with Crippen LogP contribution < -0.4 is 21.5 Å². The third kappa shape index (κ3) is 11.1. The Kier molecular flexibility index (Phi) is 10.4. The Labute approximate surface area is 152 Å². The van der Waals surface area contributed by atoms with Crippen molar-refractivity contribution in [3.05, 3.63) is 50.7 Å². The van der Waals surface area contributed by atoms with Gasteiger partial charge in [-0.3, -0.25) is 9.98 Å². The van der Waals surface area contributed by atoms with Crippen molar-refractivity contribution in [2.45, 2.75) is 0 Å². The van der Waals surface area contributed by atoms with Crippen molar-refractivity contribution in [2.24, 2.45) is 16.5 Å². The molecule has 2 rings (SSSR count). The van der Waals surface area contributed by atoms with E-state index < -0.39 is 10.2 Å². The predicted molar refractivity (Wildman–Crippen MR) is 95.0 cm³/mol. The largest absolute Gasteiger partial charge is 0.497 e. The van der Waals surface area contributed by atoms with E-state index in [0.717, 1.165) is 22.3 Å². The second kappa shape index (κ2) is 12.3. The third-order valence-electron chi connectivity index (χ3n) is 2.64. The summed E-state index contributed by atoms with van der Waals surface area (Å²) < 4.78 is 5.27. The number of nitrogens with two attached hydrogens (primary N) is 2. The number of hydrogen-bond donors (Lipinski definition) is 5. The summed E-state index contributed by atoms with van der Waals surface area (Å²) in [5.41, 5.74) is 12.4. The molecule has 0 fully saturated rings. The highest BCUT2D eigenvalue weighted by Gasteiger charge is 2.04. The monoisotopic (exact) mass is 385 g/mol. The number of rotatable bonds is 5. The maximum atomic E-state index is 8.36. The lowest BCUT2D eigenvalue weighted by Gasteiger charge is -2.10. The van der Waals surface area contributed by atoms with E-state index >= 15 is 0 Å². The van der Waals surface area contributed by atoms with Crippen LogP contribution in [-0.4, -0.2) is 51.7 Å². The van der Waals surface area contributed by atoms with Crippen LogP contribution in [0.1, 0.15) is 0 Å². The van der Waals surface area contributed by atoms with E-state index in [-0.39, 0.29) is 5.96 Å². The number of guanidine groups is 1. The van der Waals surface area contributed by atoms with Crippen LogP contribution in [0.2, 0.25) is 0 Å². The molecular weight excluding hydrogens is 366 g/mol. The summed E-state index contributed by atoms with van der Waals surface area (Å²) >= 11 is 0. The predicted octanol–water partition coefficient (Wildman–Crippen LogP) is 0.233. The Balaban J connectivity index is 0.000000718.